The third kappa shape index (κ3) is 2.89. The highest BCUT2D eigenvalue weighted by atomic mass is 19.1. The van der Waals surface area contributed by atoms with E-state index in [1.807, 2.05) is 0 Å². The fourth-order valence-corrected chi connectivity index (χ4v) is 3.65. The molecule has 4 heteroatoms. The first-order valence-corrected chi connectivity index (χ1v) is 7.76. The molecule has 2 saturated carbocycles. The number of para-hydroxylation sites is 1. The summed E-state index contributed by atoms with van der Waals surface area (Å²) in [5.41, 5.74) is -0.387. The summed E-state index contributed by atoms with van der Waals surface area (Å²) in [7, 11) is 1.41. The van der Waals surface area contributed by atoms with Gasteiger partial charge >= 0.3 is 5.97 Å². The molecule has 0 spiro atoms. The maximum Gasteiger partial charge on any atom is 0.331 e. The lowest BCUT2D eigenvalue weighted by molar-refractivity contribution is -0.148. The van der Waals surface area contributed by atoms with Gasteiger partial charge in [0.25, 0.3) is 0 Å². The zero-order valence-corrected chi connectivity index (χ0v) is 12.4. The van der Waals surface area contributed by atoms with E-state index in [4.69, 9.17) is 4.74 Å². The molecule has 0 amide bonds. The van der Waals surface area contributed by atoms with Crippen LogP contribution in [0.5, 0.6) is 0 Å². The molecule has 21 heavy (non-hydrogen) atoms. The Labute approximate surface area is 124 Å². The van der Waals surface area contributed by atoms with Crippen LogP contribution in [0.15, 0.2) is 24.3 Å². The molecular weight excluding hydrogens is 269 g/mol. The average Bonchev–Trinajstić information content (AvgIpc) is 3.34. The van der Waals surface area contributed by atoms with Crippen molar-refractivity contribution in [2.75, 3.05) is 12.4 Å². The van der Waals surface area contributed by atoms with E-state index < -0.39 is 5.54 Å². The van der Waals surface area contributed by atoms with Crippen LogP contribution in [0.4, 0.5) is 10.1 Å². The Morgan fingerprint density at radius 1 is 1.29 bits per heavy atom. The second-order valence-corrected chi connectivity index (χ2v) is 6.37. The quantitative estimate of drug-likeness (QED) is 0.859. The number of nitrogens with one attached hydrogen (secondary N) is 1. The number of benzene rings is 1. The Bertz CT molecular complexity index is 529. The minimum Gasteiger partial charge on any atom is -0.467 e. The first kappa shape index (κ1) is 14.4. The van der Waals surface area contributed by atoms with Crippen molar-refractivity contribution < 1.29 is 13.9 Å². The molecule has 3 rings (SSSR count). The van der Waals surface area contributed by atoms with E-state index in [9.17, 15) is 9.18 Å². The number of rotatable bonds is 4. The molecule has 0 aromatic heterocycles. The zero-order chi connectivity index (χ0) is 14.9. The second kappa shape index (κ2) is 5.66. The van der Waals surface area contributed by atoms with Crippen molar-refractivity contribution in [3.8, 4) is 0 Å². The van der Waals surface area contributed by atoms with E-state index >= 15 is 0 Å². The molecule has 0 radical (unpaired) electrons. The summed E-state index contributed by atoms with van der Waals surface area (Å²) in [5.74, 6) is 0.708. The number of ether oxygens (including phenoxy) is 1. The van der Waals surface area contributed by atoms with Crippen LogP contribution in [-0.2, 0) is 9.53 Å². The van der Waals surface area contributed by atoms with Gasteiger partial charge in [-0.05, 0) is 56.1 Å². The predicted molar refractivity (Wildman–Crippen MR) is 79.5 cm³/mol. The van der Waals surface area contributed by atoms with Crippen LogP contribution in [0.25, 0.3) is 0 Å². The van der Waals surface area contributed by atoms with Gasteiger partial charge in [0.2, 0.25) is 0 Å². The van der Waals surface area contributed by atoms with Crippen LogP contribution in [0.2, 0.25) is 0 Å². The van der Waals surface area contributed by atoms with Crippen molar-refractivity contribution in [2.45, 2.75) is 44.1 Å². The van der Waals surface area contributed by atoms with E-state index in [2.05, 4.69) is 5.32 Å². The third-order valence-corrected chi connectivity index (χ3v) is 4.90. The minimum atomic E-state index is -0.775. The highest BCUT2D eigenvalue weighted by Gasteiger charge is 2.47. The molecular formula is C17H22FNO2. The van der Waals surface area contributed by atoms with Crippen LogP contribution in [0, 0.1) is 17.7 Å². The minimum absolute atomic E-state index is 0.267. The van der Waals surface area contributed by atoms with Crippen molar-refractivity contribution in [2.24, 2.45) is 11.8 Å². The molecule has 114 valence electrons. The molecule has 0 heterocycles. The number of hydrogen-bond acceptors (Lipinski definition) is 3. The Hall–Kier alpha value is -1.58. The van der Waals surface area contributed by atoms with Crippen molar-refractivity contribution >= 4 is 11.7 Å². The molecule has 2 aliphatic rings. The van der Waals surface area contributed by atoms with Crippen LogP contribution >= 0.6 is 0 Å². The van der Waals surface area contributed by atoms with Gasteiger partial charge in [0.1, 0.15) is 11.4 Å². The Balaban J connectivity index is 1.86. The summed E-state index contributed by atoms with van der Waals surface area (Å²) in [6.45, 7) is 0. The van der Waals surface area contributed by atoms with Gasteiger partial charge < -0.3 is 10.1 Å². The van der Waals surface area contributed by atoms with E-state index in [0.29, 0.717) is 18.0 Å². The summed E-state index contributed by atoms with van der Waals surface area (Å²) in [6.07, 6.45) is 6.14. The maximum atomic E-state index is 13.9. The summed E-state index contributed by atoms with van der Waals surface area (Å²) < 4.78 is 19.0. The van der Waals surface area contributed by atoms with E-state index in [1.165, 1.54) is 32.4 Å². The molecule has 1 aromatic rings. The van der Waals surface area contributed by atoms with Gasteiger partial charge in [-0.3, -0.25) is 0 Å². The standard InChI is InChI=1S/C17H22FNO2/c1-21-16(20)17(19-15-7-3-2-6-14(15)18)10-4-5-13(11-17)12-8-9-12/h2-3,6-7,12-13,19H,4-5,8-11H2,1H3. The summed E-state index contributed by atoms with van der Waals surface area (Å²) in [4.78, 5) is 12.4. The molecule has 0 saturated heterocycles. The van der Waals surface area contributed by atoms with E-state index in [1.54, 1.807) is 18.2 Å². The van der Waals surface area contributed by atoms with Crippen molar-refractivity contribution in [3.05, 3.63) is 30.1 Å². The van der Waals surface area contributed by atoms with Crippen LogP contribution in [-0.4, -0.2) is 18.6 Å². The SMILES string of the molecule is COC(=O)C1(Nc2ccccc2F)CCCC(C2CC2)C1. The van der Waals surface area contributed by atoms with Gasteiger partial charge in [-0.2, -0.15) is 0 Å². The van der Waals surface area contributed by atoms with Crippen molar-refractivity contribution in [1.82, 2.24) is 0 Å². The zero-order valence-electron chi connectivity index (χ0n) is 12.4. The number of carbonyl (C=O) groups excluding carboxylic acids is 1. The molecule has 1 aromatic carbocycles. The van der Waals surface area contributed by atoms with E-state index in [0.717, 1.165) is 18.8 Å². The van der Waals surface area contributed by atoms with Crippen molar-refractivity contribution in [3.63, 3.8) is 0 Å². The smallest absolute Gasteiger partial charge is 0.331 e. The average molecular weight is 291 g/mol. The lowest BCUT2D eigenvalue weighted by Crippen LogP contribution is -2.51. The molecule has 0 aliphatic heterocycles. The van der Waals surface area contributed by atoms with E-state index in [-0.39, 0.29) is 11.8 Å². The van der Waals surface area contributed by atoms with Gasteiger partial charge in [0.05, 0.1) is 12.8 Å². The molecule has 0 bridgehead atoms. The molecule has 2 fully saturated rings. The lowest BCUT2D eigenvalue weighted by Gasteiger charge is -2.40. The molecule has 2 atom stereocenters. The van der Waals surface area contributed by atoms with Crippen molar-refractivity contribution in [1.29, 1.82) is 0 Å². The first-order chi connectivity index (χ1) is 10.1. The number of hydrogen-bond donors (Lipinski definition) is 1. The topological polar surface area (TPSA) is 38.3 Å². The first-order valence-electron chi connectivity index (χ1n) is 7.76. The summed E-state index contributed by atoms with van der Waals surface area (Å²) in [6, 6.07) is 6.52. The second-order valence-electron chi connectivity index (χ2n) is 6.37. The normalized spacial score (nSPS) is 29.0. The van der Waals surface area contributed by atoms with Gasteiger partial charge in [0, 0.05) is 0 Å². The highest BCUT2D eigenvalue weighted by molar-refractivity contribution is 5.84. The number of anilines is 1. The number of esters is 1. The highest BCUT2D eigenvalue weighted by Crippen LogP contribution is 2.47. The summed E-state index contributed by atoms with van der Waals surface area (Å²) >= 11 is 0. The van der Waals surface area contributed by atoms with Gasteiger partial charge in [-0.1, -0.05) is 18.6 Å². The monoisotopic (exact) mass is 291 g/mol. The molecule has 1 N–H and O–H groups in total. The fourth-order valence-electron chi connectivity index (χ4n) is 3.65. The maximum absolute atomic E-state index is 13.9. The number of carbonyl (C=O) groups is 1. The number of methoxy groups -OCH3 is 1. The predicted octanol–water partition coefficient (Wildman–Crippen LogP) is 3.75. The molecule has 3 nitrogen and oxygen atoms in total. The van der Waals surface area contributed by atoms with Crippen LogP contribution in [0.3, 0.4) is 0 Å². The van der Waals surface area contributed by atoms with Gasteiger partial charge in [-0.15, -0.1) is 0 Å². The van der Waals surface area contributed by atoms with Gasteiger partial charge in [0.15, 0.2) is 0 Å². The number of halogens is 1. The molecule has 2 unspecified atom stereocenters. The molecule has 2 aliphatic carbocycles. The van der Waals surface area contributed by atoms with Crippen LogP contribution in [0.1, 0.15) is 38.5 Å². The van der Waals surface area contributed by atoms with Crippen LogP contribution < -0.4 is 5.32 Å². The van der Waals surface area contributed by atoms with Gasteiger partial charge in [-0.25, -0.2) is 9.18 Å². The third-order valence-electron chi connectivity index (χ3n) is 4.90. The Morgan fingerprint density at radius 3 is 2.71 bits per heavy atom. The Morgan fingerprint density at radius 2 is 2.05 bits per heavy atom. The Kier molecular flexibility index (Phi) is 3.87. The largest absolute Gasteiger partial charge is 0.467 e. The lowest BCUT2D eigenvalue weighted by atomic mass is 9.73. The summed E-state index contributed by atoms with van der Waals surface area (Å²) in [5, 5.41) is 3.18. The fraction of sp³-hybridized carbons (Fsp3) is 0.588.